The molecule has 6 rings (SSSR count). The van der Waals surface area contributed by atoms with E-state index in [0.29, 0.717) is 0 Å². The van der Waals surface area contributed by atoms with Crippen LogP contribution >= 0.6 is 0 Å². The van der Waals surface area contributed by atoms with Crippen molar-refractivity contribution in [1.82, 2.24) is 0 Å². The molecule has 216 valence electrons. The van der Waals surface area contributed by atoms with Gasteiger partial charge in [-0.15, -0.1) is 68.1 Å². The van der Waals surface area contributed by atoms with E-state index in [1.807, 2.05) is 0 Å². The number of aryl methyl sites for hydroxylation is 2. The van der Waals surface area contributed by atoms with Crippen molar-refractivity contribution < 1.29 is 25.8 Å². The monoisotopic (exact) mass is 720 g/mol. The second kappa shape index (κ2) is 15.3. The van der Waals surface area contributed by atoms with Gasteiger partial charge in [0.05, 0.1) is 0 Å². The first-order valence-corrected chi connectivity index (χ1v) is 15.7. The van der Waals surface area contributed by atoms with Gasteiger partial charge in [0, 0.05) is 0 Å². The van der Waals surface area contributed by atoms with Gasteiger partial charge in [0.2, 0.25) is 0 Å². The Morgan fingerprint density at radius 1 is 0.571 bits per heavy atom. The molecule has 0 atom stereocenters. The van der Waals surface area contributed by atoms with Crippen molar-refractivity contribution in [2.75, 3.05) is 0 Å². The van der Waals surface area contributed by atoms with Crippen molar-refractivity contribution >= 4 is 43.1 Å². The summed E-state index contributed by atoms with van der Waals surface area (Å²) < 4.78 is 0. The van der Waals surface area contributed by atoms with Gasteiger partial charge in [0.1, 0.15) is 0 Å². The van der Waals surface area contributed by atoms with Crippen molar-refractivity contribution in [3.05, 3.63) is 121 Å². The third-order valence-electron chi connectivity index (χ3n) is 8.44. The van der Waals surface area contributed by atoms with Crippen LogP contribution in [0.2, 0.25) is 0 Å². The number of hydrogen-bond acceptors (Lipinski definition) is 0. The summed E-state index contributed by atoms with van der Waals surface area (Å²) in [6.07, 6.45) is 6.64. The van der Waals surface area contributed by atoms with Crippen LogP contribution in [-0.4, -0.2) is 0 Å². The van der Waals surface area contributed by atoms with Crippen LogP contribution in [0.5, 0.6) is 0 Å². The molecule has 0 fully saturated rings. The number of fused-ring (bicyclic) bond motifs is 6. The Balaban J connectivity index is 0.000000482. The molecule has 0 saturated carbocycles. The molecule has 0 bridgehead atoms. The summed E-state index contributed by atoms with van der Waals surface area (Å²) in [4.78, 5) is 0. The smallest absolute Gasteiger partial charge is 0.343 e. The van der Waals surface area contributed by atoms with E-state index in [2.05, 4.69) is 140 Å². The number of benzene rings is 4. The van der Waals surface area contributed by atoms with Crippen molar-refractivity contribution in [2.24, 2.45) is 0 Å². The minimum Gasteiger partial charge on any atom is -0.343 e. The molecule has 0 spiro atoms. The van der Waals surface area contributed by atoms with Crippen molar-refractivity contribution in [3.63, 3.8) is 0 Å². The van der Waals surface area contributed by atoms with Crippen LogP contribution in [0.25, 0.3) is 43.1 Å². The summed E-state index contributed by atoms with van der Waals surface area (Å²) in [5, 5.41) is 11.0. The molecule has 0 unspecified atom stereocenters. The Morgan fingerprint density at radius 2 is 0.929 bits per heavy atom. The van der Waals surface area contributed by atoms with Crippen LogP contribution < -0.4 is 0 Å². The molecule has 1 heteroatoms. The molecule has 0 aliphatic heterocycles. The summed E-state index contributed by atoms with van der Waals surface area (Å²) in [7, 11) is 0. The van der Waals surface area contributed by atoms with E-state index in [9.17, 15) is 0 Å². The molecule has 0 amide bonds. The predicted octanol–water partition coefficient (Wildman–Crippen LogP) is 12.4. The Kier molecular flexibility index (Phi) is 12.4. The average molecular weight is 719 g/mol. The Hall–Kier alpha value is -2.51. The summed E-state index contributed by atoms with van der Waals surface area (Å²) in [5.41, 5.74) is 5.85. The zero-order valence-electron chi connectivity index (χ0n) is 26.7. The van der Waals surface area contributed by atoms with E-state index in [1.165, 1.54) is 78.2 Å². The topological polar surface area (TPSA) is 0 Å². The average Bonchev–Trinajstić information content (AvgIpc) is 3.61. The van der Waals surface area contributed by atoms with Crippen LogP contribution in [0, 0.1) is 13.8 Å². The number of rotatable bonds is 6. The summed E-state index contributed by atoms with van der Waals surface area (Å²) >= 11 is 0. The largest absolute Gasteiger partial charge is 4.00 e. The quantitative estimate of drug-likeness (QED) is 0.119. The number of unbranched alkanes of at least 4 members (excludes halogenated alkanes) is 2. The van der Waals surface area contributed by atoms with E-state index in [0.717, 1.165) is 25.7 Å². The normalized spacial score (nSPS) is 11.2. The standard InChI is InChI=1S/C33H30.2C4H9.Hf/c1-5-21-19-25-17-15-23-11-7-9-13-27(23)29(25)31(21)33(3,4)32-22(6-2)20-26-18-16-24-12-8-10-14-28(24)30(26)32;2*1-3-4-2;/h7-20H,5-6H2,1-4H3;2*1,3-4H2,2H3;/q-2;2*-1;+4. The minimum absolute atomic E-state index is 0. The second-order valence-electron chi connectivity index (χ2n) is 11.6. The van der Waals surface area contributed by atoms with Gasteiger partial charge >= 0.3 is 25.8 Å². The van der Waals surface area contributed by atoms with Crippen LogP contribution in [0.4, 0.5) is 0 Å². The molecule has 42 heavy (non-hydrogen) atoms. The fourth-order valence-corrected chi connectivity index (χ4v) is 6.33. The molecule has 0 heterocycles. The Labute approximate surface area is 274 Å². The van der Waals surface area contributed by atoms with Crippen molar-refractivity contribution in [2.45, 2.75) is 85.5 Å². The number of hydrogen-bond donors (Lipinski definition) is 0. The zero-order chi connectivity index (χ0) is 29.6. The van der Waals surface area contributed by atoms with Crippen LogP contribution in [-0.2, 0) is 44.1 Å². The first-order valence-electron chi connectivity index (χ1n) is 15.7. The summed E-state index contributed by atoms with van der Waals surface area (Å²) in [5.74, 6) is 0. The molecule has 0 saturated heterocycles. The van der Waals surface area contributed by atoms with E-state index in [4.69, 9.17) is 0 Å². The molecular formula is C41H48Hf. The van der Waals surface area contributed by atoms with E-state index in [-0.39, 0.29) is 31.3 Å². The first-order chi connectivity index (χ1) is 19.9. The molecule has 0 aromatic heterocycles. The van der Waals surface area contributed by atoms with Gasteiger partial charge in [-0.05, 0) is 23.6 Å². The fourth-order valence-electron chi connectivity index (χ4n) is 6.33. The SMILES string of the molecule is CCc1[cH-]c2ccc3ccccc3c2c1C(C)(C)c1c(CC)[cH-]c2ccc3ccccc3c12.[CH2-]CCC.[CH2-]CCC.[Hf+4]. The fraction of sp³-hybridized carbons (Fsp3) is 0.317. The van der Waals surface area contributed by atoms with Gasteiger partial charge in [0.25, 0.3) is 0 Å². The Bertz CT molecular complexity index is 1590. The molecule has 0 radical (unpaired) electrons. The summed E-state index contributed by atoms with van der Waals surface area (Å²) in [6, 6.07) is 31.8. The molecule has 0 aliphatic rings. The van der Waals surface area contributed by atoms with Crippen molar-refractivity contribution in [3.8, 4) is 0 Å². The molecule has 0 aliphatic carbocycles. The van der Waals surface area contributed by atoms with Gasteiger partial charge in [-0.25, -0.2) is 0 Å². The Morgan fingerprint density at radius 3 is 1.26 bits per heavy atom. The third kappa shape index (κ3) is 6.52. The van der Waals surface area contributed by atoms with Gasteiger partial charge in [0.15, 0.2) is 0 Å². The molecule has 6 aromatic carbocycles. The predicted molar refractivity (Wildman–Crippen MR) is 186 cm³/mol. The van der Waals surface area contributed by atoms with Gasteiger partial charge in [-0.3, -0.25) is 0 Å². The third-order valence-corrected chi connectivity index (χ3v) is 8.44. The second-order valence-corrected chi connectivity index (χ2v) is 11.6. The van der Waals surface area contributed by atoms with Crippen LogP contribution in [0.3, 0.4) is 0 Å². The van der Waals surface area contributed by atoms with Crippen molar-refractivity contribution in [1.29, 1.82) is 0 Å². The van der Waals surface area contributed by atoms with Gasteiger partial charge in [-0.2, -0.15) is 12.8 Å². The minimum atomic E-state index is -0.117. The maximum atomic E-state index is 3.60. The zero-order valence-corrected chi connectivity index (χ0v) is 30.3. The van der Waals surface area contributed by atoms with E-state index >= 15 is 0 Å². The van der Waals surface area contributed by atoms with E-state index in [1.54, 1.807) is 0 Å². The van der Waals surface area contributed by atoms with Crippen LogP contribution in [0.15, 0.2) is 84.9 Å². The molecule has 0 nitrogen and oxygen atoms in total. The molecule has 0 N–H and O–H groups in total. The molecule has 6 aromatic rings. The maximum absolute atomic E-state index is 3.60. The first kappa shape index (κ1) is 34.0. The summed E-state index contributed by atoms with van der Waals surface area (Å²) in [6.45, 7) is 21.0. The van der Waals surface area contributed by atoms with Gasteiger partial charge < -0.3 is 13.8 Å². The maximum Gasteiger partial charge on any atom is 4.00 e. The molecular weight excluding hydrogens is 671 g/mol. The van der Waals surface area contributed by atoms with Gasteiger partial charge in [-0.1, -0.05) is 131 Å². The van der Waals surface area contributed by atoms with E-state index < -0.39 is 0 Å². The van der Waals surface area contributed by atoms with Crippen LogP contribution in [0.1, 0.15) is 89.5 Å².